The van der Waals surface area contributed by atoms with Gasteiger partial charge < -0.3 is 14.8 Å². The monoisotopic (exact) mass is 489 g/mol. The summed E-state index contributed by atoms with van der Waals surface area (Å²) in [6, 6.07) is 12.4. The van der Waals surface area contributed by atoms with Crippen LogP contribution in [0.4, 0.5) is 5.69 Å². The molecule has 166 valence electrons. The number of carbonyl (C=O) groups excluding carboxylic acids is 2. The molecule has 2 amide bonds. The van der Waals surface area contributed by atoms with Crippen LogP contribution in [0.1, 0.15) is 33.3 Å². The Bertz CT molecular complexity index is 927. The van der Waals surface area contributed by atoms with Crippen LogP contribution in [0.15, 0.2) is 52.0 Å². The first-order valence-corrected chi connectivity index (χ1v) is 10.7. The van der Waals surface area contributed by atoms with Gasteiger partial charge in [-0.2, -0.15) is 5.10 Å². The van der Waals surface area contributed by atoms with Crippen LogP contribution in [0.2, 0.25) is 0 Å². The van der Waals surface area contributed by atoms with E-state index in [0.29, 0.717) is 11.4 Å². The van der Waals surface area contributed by atoms with Crippen molar-refractivity contribution in [1.82, 2.24) is 5.43 Å². The zero-order chi connectivity index (χ0) is 23.0. The number of halogens is 1. The van der Waals surface area contributed by atoms with E-state index in [9.17, 15) is 9.59 Å². The van der Waals surface area contributed by atoms with E-state index in [4.69, 9.17) is 9.47 Å². The fraction of sp³-hybridized carbons (Fsp3) is 0.348. The molecule has 31 heavy (non-hydrogen) atoms. The molecule has 0 aromatic heterocycles. The molecule has 0 aliphatic carbocycles. The second kappa shape index (κ2) is 11.5. The molecule has 2 rings (SSSR count). The van der Waals surface area contributed by atoms with E-state index in [-0.39, 0.29) is 12.0 Å². The fourth-order valence-corrected chi connectivity index (χ4v) is 3.30. The highest BCUT2D eigenvalue weighted by Crippen LogP contribution is 2.26. The number of ether oxygens (including phenoxy) is 2. The van der Waals surface area contributed by atoms with Gasteiger partial charge in [-0.3, -0.25) is 9.59 Å². The minimum Gasteiger partial charge on any atom is -0.497 e. The van der Waals surface area contributed by atoms with E-state index in [2.05, 4.69) is 31.8 Å². The Labute approximate surface area is 191 Å². The Kier molecular flexibility index (Phi) is 9.05. The molecule has 0 radical (unpaired) electrons. The van der Waals surface area contributed by atoms with Gasteiger partial charge in [0, 0.05) is 5.69 Å². The average Bonchev–Trinajstić information content (AvgIpc) is 2.70. The minimum atomic E-state index is -0.896. The fourth-order valence-electron chi connectivity index (χ4n) is 2.81. The molecule has 7 nitrogen and oxygen atoms in total. The lowest BCUT2D eigenvalue weighted by atomic mass is 9.94. The molecule has 0 bridgehead atoms. The largest absolute Gasteiger partial charge is 0.497 e. The second-order valence-corrected chi connectivity index (χ2v) is 8.38. The maximum absolute atomic E-state index is 12.7. The third-order valence-corrected chi connectivity index (χ3v) is 4.92. The first kappa shape index (κ1) is 24.4. The normalized spacial score (nSPS) is 12.1. The molecule has 0 fully saturated rings. The molecule has 0 saturated heterocycles. The lowest BCUT2D eigenvalue weighted by Gasteiger charge is -2.18. The van der Waals surface area contributed by atoms with E-state index in [1.807, 2.05) is 45.9 Å². The minimum absolute atomic E-state index is 0.0622. The summed E-state index contributed by atoms with van der Waals surface area (Å²) in [5.74, 6) is -0.572. The van der Waals surface area contributed by atoms with E-state index in [1.165, 1.54) is 6.21 Å². The summed E-state index contributed by atoms with van der Waals surface area (Å²) in [6.07, 6.45) is 1.58. The average molecular weight is 490 g/mol. The van der Waals surface area contributed by atoms with Crippen LogP contribution >= 0.6 is 15.9 Å². The Morgan fingerprint density at radius 1 is 1.03 bits per heavy atom. The molecule has 2 aromatic carbocycles. The van der Waals surface area contributed by atoms with Gasteiger partial charge in [0.1, 0.15) is 17.4 Å². The standard InChI is InChI=1S/C23H28BrN3O4/c1-14(2)21(22(28)26-17-7-9-18(30-5)10-8-17)23(29)27-25-13-16-6-11-20(19(24)12-16)31-15(3)4/h6-15,21H,1-5H3,(H,26,28)(H,27,29). The van der Waals surface area contributed by atoms with Gasteiger partial charge in [0.15, 0.2) is 0 Å². The van der Waals surface area contributed by atoms with Crippen LogP contribution in [0.3, 0.4) is 0 Å². The Hall–Kier alpha value is -2.87. The quantitative estimate of drug-likeness (QED) is 0.305. The van der Waals surface area contributed by atoms with Crippen molar-refractivity contribution in [2.45, 2.75) is 33.8 Å². The molecule has 2 aromatic rings. The lowest BCUT2D eigenvalue weighted by molar-refractivity contribution is -0.134. The number of hydrogen-bond acceptors (Lipinski definition) is 5. The van der Waals surface area contributed by atoms with Gasteiger partial charge in [0.25, 0.3) is 5.91 Å². The van der Waals surface area contributed by atoms with Crippen LogP contribution in [-0.4, -0.2) is 31.2 Å². The zero-order valence-electron chi connectivity index (χ0n) is 18.3. The number of nitrogens with one attached hydrogen (secondary N) is 2. The molecule has 0 aliphatic heterocycles. The molecule has 2 N–H and O–H groups in total. The predicted molar refractivity (Wildman–Crippen MR) is 126 cm³/mol. The van der Waals surface area contributed by atoms with Crippen molar-refractivity contribution in [3.8, 4) is 11.5 Å². The van der Waals surface area contributed by atoms with Gasteiger partial charge in [-0.25, -0.2) is 5.43 Å². The Morgan fingerprint density at radius 2 is 1.71 bits per heavy atom. The first-order chi connectivity index (χ1) is 14.7. The van der Waals surface area contributed by atoms with Crippen molar-refractivity contribution in [2.24, 2.45) is 16.9 Å². The topological polar surface area (TPSA) is 89.0 Å². The summed E-state index contributed by atoms with van der Waals surface area (Å²) < 4.78 is 11.6. The van der Waals surface area contributed by atoms with Gasteiger partial charge in [-0.05, 0) is 83.7 Å². The van der Waals surface area contributed by atoms with Crippen LogP contribution < -0.4 is 20.2 Å². The number of rotatable bonds is 9. The zero-order valence-corrected chi connectivity index (χ0v) is 19.9. The summed E-state index contributed by atoms with van der Waals surface area (Å²) in [5, 5.41) is 6.77. The number of methoxy groups -OCH3 is 1. The van der Waals surface area contributed by atoms with Crippen molar-refractivity contribution in [3.63, 3.8) is 0 Å². The molecule has 0 saturated carbocycles. The Morgan fingerprint density at radius 3 is 2.26 bits per heavy atom. The SMILES string of the molecule is COc1ccc(NC(=O)C(C(=O)NN=Cc2ccc(OC(C)C)c(Br)c2)C(C)C)cc1. The molecule has 1 unspecified atom stereocenters. The van der Waals surface area contributed by atoms with Gasteiger partial charge in [0.05, 0.1) is 23.9 Å². The van der Waals surface area contributed by atoms with Gasteiger partial charge >= 0.3 is 0 Å². The number of hydrogen-bond donors (Lipinski definition) is 2. The maximum atomic E-state index is 12.7. The summed E-state index contributed by atoms with van der Waals surface area (Å²) in [5.41, 5.74) is 3.82. The first-order valence-electron chi connectivity index (χ1n) is 9.95. The summed E-state index contributed by atoms with van der Waals surface area (Å²) in [6.45, 7) is 7.53. The highest BCUT2D eigenvalue weighted by molar-refractivity contribution is 9.10. The molecule has 0 aliphatic rings. The lowest BCUT2D eigenvalue weighted by Crippen LogP contribution is -2.39. The highest BCUT2D eigenvalue weighted by Gasteiger charge is 2.29. The Balaban J connectivity index is 2.01. The number of carbonyl (C=O) groups is 2. The third kappa shape index (κ3) is 7.40. The molecular formula is C23H28BrN3O4. The molecule has 0 heterocycles. The van der Waals surface area contributed by atoms with Crippen molar-refractivity contribution in [2.75, 3.05) is 12.4 Å². The van der Waals surface area contributed by atoms with Crippen molar-refractivity contribution >= 4 is 39.6 Å². The number of benzene rings is 2. The van der Waals surface area contributed by atoms with Crippen LogP contribution in [-0.2, 0) is 9.59 Å². The van der Waals surface area contributed by atoms with Crippen molar-refractivity contribution < 1.29 is 19.1 Å². The van der Waals surface area contributed by atoms with Gasteiger partial charge in [-0.15, -0.1) is 0 Å². The highest BCUT2D eigenvalue weighted by atomic mass is 79.9. The van der Waals surface area contributed by atoms with E-state index >= 15 is 0 Å². The summed E-state index contributed by atoms with van der Waals surface area (Å²) >= 11 is 3.46. The molecule has 8 heteroatoms. The van der Waals surface area contributed by atoms with Crippen LogP contribution in [0.25, 0.3) is 0 Å². The second-order valence-electron chi connectivity index (χ2n) is 7.53. The molecule has 1 atom stereocenters. The smallest absolute Gasteiger partial charge is 0.252 e. The van der Waals surface area contributed by atoms with E-state index in [0.717, 1.165) is 15.8 Å². The third-order valence-electron chi connectivity index (χ3n) is 4.30. The van der Waals surface area contributed by atoms with Gasteiger partial charge in [-0.1, -0.05) is 13.8 Å². The summed E-state index contributed by atoms with van der Waals surface area (Å²) in [7, 11) is 1.57. The summed E-state index contributed by atoms with van der Waals surface area (Å²) in [4.78, 5) is 25.3. The van der Waals surface area contributed by atoms with Gasteiger partial charge in [0.2, 0.25) is 5.91 Å². The predicted octanol–water partition coefficient (Wildman–Crippen LogP) is 4.61. The number of nitrogens with zero attached hydrogens (tertiary/aromatic N) is 1. The number of anilines is 1. The van der Waals surface area contributed by atoms with E-state index < -0.39 is 17.7 Å². The number of hydrazone groups is 1. The molecule has 0 spiro atoms. The maximum Gasteiger partial charge on any atom is 0.252 e. The molecular weight excluding hydrogens is 462 g/mol. The van der Waals surface area contributed by atoms with Crippen molar-refractivity contribution in [3.05, 3.63) is 52.5 Å². The van der Waals surface area contributed by atoms with E-state index in [1.54, 1.807) is 31.4 Å². The van der Waals surface area contributed by atoms with Crippen LogP contribution in [0, 0.1) is 11.8 Å². The van der Waals surface area contributed by atoms with Crippen molar-refractivity contribution in [1.29, 1.82) is 0 Å². The number of amides is 2. The van der Waals surface area contributed by atoms with Crippen LogP contribution in [0.5, 0.6) is 11.5 Å².